The number of aryl methyl sites for hydroxylation is 1. The van der Waals surface area contributed by atoms with E-state index in [4.69, 9.17) is 5.73 Å². The third-order valence-electron chi connectivity index (χ3n) is 2.44. The van der Waals surface area contributed by atoms with Crippen LogP contribution in [0.3, 0.4) is 0 Å². The number of nitrogens with one attached hydrogen (secondary N) is 1. The number of thiophene rings is 1. The molecule has 0 saturated carbocycles. The zero-order valence-electron chi connectivity index (χ0n) is 9.05. The summed E-state index contributed by atoms with van der Waals surface area (Å²) in [7, 11) is 0. The fourth-order valence-corrected chi connectivity index (χ4v) is 2.30. The second-order valence-electron chi connectivity index (χ2n) is 3.52. The van der Waals surface area contributed by atoms with Gasteiger partial charge in [-0.3, -0.25) is 0 Å². The van der Waals surface area contributed by atoms with Crippen LogP contribution in [0.1, 0.15) is 30.7 Å². The molecule has 80 valence electrons. The average Bonchev–Trinajstić information content (AvgIpc) is 2.65. The Hall–Kier alpha value is -0.380. The first-order valence-corrected chi connectivity index (χ1v) is 6.17. The van der Waals surface area contributed by atoms with Gasteiger partial charge in [-0.25, -0.2) is 0 Å². The normalized spacial score (nSPS) is 13.1. The van der Waals surface area contributed by atoms with Gasteiger partial charge >= 0.3 is 0 Å². The van der Waals surface area contributed by atoms with Gasteiger partial charge in [0.15, 0.2) is 0 Å². The van der Waals surface area contributed by atoms with E-state index in [0.717, 1.165) is 25.9 Å². The average molecular weight is 212 g/mol. The van der Waals surface area contributed by atoms with Crippen LogP contribution < -0.4 is 11.1 Å². The predicted molar refractivity (Wildman–Crippen MR) is 63.7 cm³/mol. The Labute approximate surface area is 90.5 Å². The first-order chi connectivity index (χ1) is 6.77. The Bertz CT molecular complexity index is 258. The summed E-state index contributed by atoms with van der Waals surface area (Å²) in [5.41, 5.74) is 7.29. The molecule has 0 radical (unpaired) electrons. The summed E-state index contributed by atoms with van der Waals surface area (Å²) in [5, 5.41) is 5.56. The minimum atomic E-state index is 0.292. The van der Waals surface area contributed by atoms with Crippen molar-refractivity contribution in [1.29, 1.82) is 0 Å². The summed E-state index contributed by atoms with van der Waals surface area (Å²) in [6.07, 6.45) is 2.17. The molecule has 0 aliphatic heterocycles. The van der Waals surface area contributed by atoms with Crippen molar-refractivity contribution in [2.75, 3.05) is 6.54 Å². The lowest BCUT2D eigenvalue weighted by molar-refractivity contribution is 0.565. The van der Waals surface area contributed by atoms with Gasteiger partial charge in [-0.2, -0.15) is 0 Å². The van der Waals surface area contributed by atoms with Crippen molar-refractivity contribution in [3.05, 3.63) is 21.9 Å². The molecule has 0 aliphatic carbocycles. The monoisotopic (exact) mass is 212 g/mol. The fraction of sp³-hybridized carbons (Fsp3) is 0.636. The maximum atomic E-state index is 5.82. The van der Waals surface area contributed by atoms with Crippen LogP contribution >= 0.6 is 11.3 Å². The lowest BCUT2D eigenvalue weighted by Crippen LogP contribution is -2.32. The molecule has 1 rings (SSSR count). The van der Waals surface area contributed by atoms with Crippen molar-refractivity contribution >= 4 is 11.3 Å². The summed E-state index contributed by atoms with van der Waals surface area (Å²) in [6.45, 7) is 6.20. The quantitative estimate of drug-likeness (QED) is 0.758. The first kappa shape index (κ1) is 11.7. The van der Waals surface area contributed by atoms with Crippen molar-refractivity contribution < 1.29 is 0 Å². The van der Waals surface area contributed by atoms with Crippen molar-refractivity contribution in [3.63, 3.8) is 0 Å². The van der Waals surface area contributed by atoms with Gasteiger partial charge in [-0.1, -0.05) is 13.8 Å². The van der Waals surface area contributed by atoms with Crippen LogP contribution in [0.15, 0.2) is 11.4 Å². The number of hydrogen-bond donors (Lipinski definition) is 2. The Morgan fingerprint density at radius 1 is 1.50 bits per heavy atom. The molecule has 1 unspecified atom stereocenters. The van der Waals surface area contributed by atoms with E-state index >= 15 is 0 Å². The molecule has 3 N–H and O–H groups in total. The molecule has 0 fully saturated rings. The maximum absolute atomic E-state index is 5.82. The Morgan fingerprint density at radius 3 is 2.93 bits per heavy atom. The number of rotatable bonds is 6. The molecule has 1 aromatic rings. The highest BCUT2D eigenvalue weighted by atomic mass is 32.1. The van der Waals surface area contributed by atoms with Crippen LogP contribution in [0.4, 0.5) is 0 Å². The second kappa shape index (κ2) is 6.17. The molecule has 0 amide bonds. The van der Waals surface area contributed by atoms with Crippen LogP contribution in [-0.4, -0.2) is 12.6 Å². The van der Waals surface area contributed by atoms with Gasteiger partial charge in [-0.15, -0.1) is 11.3 Å². The Balaban J connectivity index is 2.31. The highest BCUT2D eigenvalue weighted by molar-refractivity contribution is 7.10. The molecule has 1 aromatic heterocycles. The van der Waals surface area contributed by atoms with E-state index in [2.05, 4.69) is 30.6 Å². The van der Waals surface area contributed by atoms with Crippen LogP contribution in [0.25, 0.3) is 0 Å². The molecule has 0 aromatic carbocycles. The van der Waals surface area contributed by atoms with E-state index in [1.807, 2.05) is 11.3 Å². The molecule has 1 heterocycles. The van der Waals surface area contributed by atoms with Gasteiger partial charge in [0.25, 0.3) is 0 Å². The molecule has 0 saturated heterocycles. The van der Waals surface area contributed by atoms with E-state index in [1.54, 1.807) is 0 Å². The molecule has 0 bridgehead atoms. The largest absolute Gasteiger partial charge is 0.327 e. The standard InChI is InChI=1S/C11H20N2S/c1-3-9-5-6-14-11(9)8-13-7-10(12)4-2/h5-6,10,13H,3-4,7-8,12H2,1-2H3. The fourth-order valence-electron chi connectivity index (χ4n) is 1.35. The number of nitrogens with two attached hydrogens (primary N) is 1. The van der Waals surface area contributed by atoms with Gasteiger partial charge < -0.3 is 11.1 Å². The van der Waals surface area contributed by atoms with Crippen LogP contribution in [0.2, 0.25) is 0 Å². The minimum Gasteiger partial charge on any atom is -0.327 e. The van der Waals surface area contributed by atoms with Crippen molar-refractivity contribution in [2.24, 2.45) is 5.73 Å². The highest BCUT2D eigenvalue weighted by Gasteiger charge is 2.02. The smallest absolute Gasteiger partial charge is 0.0303 e. The Kier molecular flexibility index (Phi) is 5.15. The van der Waals surface area contributed by atoms with Crippen LogP contribution in [0, 0.1) is 0 Å². The second-order valence-corrected chi connectivity index (χ2v) is 4.52. The van der Waals surface area contributed by atoms with Gasteiger partial charge in [0.1, 0.15) is 0 Å². The van der Waals surface area contributed by atoms with Crippen molar-refractivity contribution in [3.8, 4) is 0 Å². The van der Waals surface area contributed by atoms with Crippen LogP contribution in [-0.2, 0) is 13.0 Å². The molecular formula is C11H20N2S. The molecule has 1 atom stereocenters. The summed E-state index contributed by atoms with van der Waals surface area (Å²) in [5.74, 6) is 0. The number of hydrogen-bond acceptors (Lipinski definition) is 3. The van der Waals surface area contributed by atoms with Crippen molar-refractivity contribution in [2.45, 2.75) is 39.3 Å². The van der Waals surface area contributed by atoms with E-state index in [9.17, 15) is 0 Å². The summed E-state index contributed by atoms with van der Waals surface area (Å²) >= 11 is 1.83. The van der Waals surface area contributed by atoms with E-state index in [-0.39, 0.29) is 0 Å². The SMILES string of the molecule is CCc1ccsc1CNCC(N)CC. The third-order valence-corrected chi connectivity index (χ3v) is 3.40. The van der Waals surface area contributed by atoms with Gasteiger partial charge in [-0.05, 0) is 29.9 Å². The molecule has 3 heteroatoms. The predicted octanol–water partition coefficient (Wildman–Crippen LogP) is 2.14. The summed E-state index contributed by atoms with van der Waals surface area (Å²) in [4.78, 5) is 1.45. The lowest BCUT2D eigenvalue weighted by atomic mass is 10.2. The maximum Gasteiger partial charge on any atom is 0.0303 e. The molecule has 2 nitrogen and oxygen atoms in total. The topological polar surface area (TPSA) is 38.0 Å². The van der Waals surface area contributed by atoms with E-state index in [0.29, 0.717) is 6.04 Å². The van der Waals surface area contributed by atoms with Crippen molar-refractivity contribution in [1.82, 2.24) is 5.32 Å². The molecule has 14 heavy (non-hydrogen) atoms. The zero-order valence-corrected chi connectivity index (χ0v) is 9.86. The van der Waals surface area contributed by atoms with Gasteiger partial charge in [0, 0.05) is 24.0 Å². The minimum absolute atomic E-state index is 0.292. The summed E-state index contributed by atoms with van der Waals surface area (Å²) < 4.78 is 0. The molecule has 0 aliphatic rings. The highest BCUT2D eigenvalue weighted by Crippen LogP contribution is 2.16. The van der Waals surface area contributed by atoms with Crippen LogP contribution in [0.5, 0.6) is 0 Å². The van der Waals surface area contributed by atoms with E-state index in [1.165, 1.54) is 10.4 Å². The molecular weight excluding hydrogens is 192 g/mol. The van der Waals surface area contributed by atoms with Gasteiger partial charge in [0.05, 0.1) is 0 Å². The molecule has 0 spiro atoms. The van der Waals surface area contributed by atoms with E-state index < -0.39 is 0 Å². The van der Waals surface area contributed by atoms with Gasteiger partial charge in [0.2, 0.25) is 0 Å². The summed E-state index contributed by atoms with van der Waals surface area (Å²) in [6, 6.07) is 2.50. The zero-order chi connectivity index (χ0) is 10.4. The first-order valence-electron chi connectivity index (χ1n) is 5.29. The Morgan fingerprint density at radius 2 is 2.29 bits per heavy atom. The third kappa shape index (κ3) is 3.40. The lowest BCUT2D eigenvalue weighted by Gasteiger charge is -2.09.